The number of aryl methyl sites for hydroxylation is 1. The molecule has 2 aromatic carbocycles. The minimum absolute atomic E-state index is 0.556. The monoisotopic (exact) mass is 317 g/mol. The number of hydrogen-bond acceptors (Lipinski definition) is 3. The Labute approximate surface area is 142 Å². The van der Waals surface area contributed by atoms with Gasteiger partial charge in [0.2, 0.25) is 5.89 Å². The first-order chi connectivity index (χ1) is 11.8. The van der Waals surface area contributed by atoms with Gasteiger partial charge in [0.25, 0.3) is 0 Å². The SMILES string of the molecule is CC#Cc1ccc(OCCc2nc(-c3ccccc3)oc2C)cc1. The quantitative estimate of drug-likeness (QED) is 0.643. The zero-order chi connectivity index (χ0) is 16.8. The van der Waals surface area contributed by atoms with Crippen molar-refractivity contribution in [2.24, 2.45) is 0 Å². The Bertz CT molecular complexity index is 852. The molecule has 0 fully saturated rings. The molecule has 0 aliphatic carbocycles. The van der Waals surface area contributed by atoms with Crippen LogP contribution in [-0.2, 0) is 6.42 Å². The van der Waals surface area contributed by atoms with Gasteiger partial charge in [0.1, 0.15) is 11.5 Å². The molecule has 0 aliphatic heterocycles. The maximum Gasteiger partial charge on any atom is 0.226 e. The van der Waals surface area contributed by atoms with Gasteiger partial charge < -0.3 is 9.15 Å². The summed E-state index contributed by atoms with van der Waals surface area (Å²) in [5.41, 5.74) is 2.91. The smallest absolute Gasteiger partial charge is 0.226 e. The fraction of sp³-hybridized carbons (Fsp3) is 0.190. The molecule has 1 heterocycles. The summed E-state index contributed by atoms with van der Waals surface area (Å²) in [6.45, 7) is 4.32. The highest BCUT2D eigenvalue weighted by atomic mass is 16.5. The maximum atomic E-state index is 5.78. The van der Waals surface area contributed by atoms with Gasteiger partial charge in [0.15, 0.2) is 0 Å². The van der Waals surface area contributed by atoms with Gasteiger partial charge in [-0.25, -0.2) is 4.98 Å². The molecule has 0 atom stereocenters. The molecule has 3 rings (SSSR count). The third-order valence-electron chi connectivity index (χ3n) is 3.64. The van der Waals surface area contributed by atoms with Gasteiger partial charge in [0.05, 0.1) is 12.3 Å². The summed E-state index contributed by atoms with van der Waals surface area (Å²) in [4.78, 5) is 4.58. The predicted octanol–water partition coefficient (Wildman–Crippen LogP) is 4.64. The molecule has 1 aromatic heterocycles. The average molecular weight is 317 g/mol. The van der Waals surface area contributed by atoms with Crippen LogP contribution in [0.15, 0.2) is 59.0 Å². The number of hydrogen-bond donors (Lipinski definition) is 0. The molecule has 0 N–H and O–H groups in total. The molecular weight excluding hydrogens is 298 g/mol. The molecule has 0 spiro atoms. The van der Waals surface area contributed by atoms with E-state index in [0.717, 1.165) is 28.3 Å². The van der Waals surface area contributed by atoms with E-state index in [-0.39, 0.29) is 0 Å². The van der Waals surface area contributed by atoms with Crippen molar-refractivity contribution in [1.29, 1.82) is 0 Å². The van der Waals surface area contributed by atoms with Crippen molar-refractivity contribution in [1.82, 2.24) is 4.98 Å². The molecule has 0 aliphatic rings. The van der Waals surface area contributed by atoms with E-state index in [1.54, 1.807) is 0 Å². The summed E-state index contributed by atoms with van der Waals surface area (Å²) in [5.74, 6) is 8.23. The minimum Gasteiger partial charge on any atom is -0.493 e. The fourth-order valence-electron chi connectivity index (χ4n) is 2.41. The summed E-state index contributed by atoms with van der Waals surface area (Å²) in [5, 5.41) is 0. The van der Waals surface area contributed by atoms with Crippen LogP contribution in [0.25, 0.3) is 11.5 Å². The van der Waals surface area contributed by atoms with Gasteiger partial charge in [-0.15, -0.1) is 5.92 Å². The van der Waals surface area contributed by atoms with E-state index >= 15 is 0 Å². The Kier molecular flexibility index (Phi) is 4.98. The van der Waals surface area contributed by atoms with Crippen molar-refractivity contribution < 1.29 is 9.15 Å². The predicted molar refractivity (Wildman–Crippen MR) is 94.9 cm³/mol. The number of rotatable bonds is 5. The number of aromatic nitrogens is 1. The van der Waals surface area contributed by atoms with Crippen LogP contribution >= 0.6 is 0 Å². The highest BCUT2D eigenvalue weighted by molar-refractivity contribution is 5.53. The van der Waals surface area contributed by atoms with Crippen LogP contribution in [0.5, 0.6) is 5.75 Å². The molecule has 0 bridgehead atoms. The van der Waals surface area contributed by atoms with Crippen molar-refractivity contribution in [3.63, 3.8) is 0 Å². The van der Waals surface area contributed by atoms with Gasteiger partial charge in [-0.2, -0.15) is 0 Å². The molecule has 24 heavy (non-hydrogen) atoms. The molecule has 0 radical (unpaired) electrons. The minimum atomic E-state index is 0.556. The van der Waals surface area contributed by atoms with Gasteiger partial charge in [-0.05, 0) is 50.2 Å². The molecular formula is C21H19NO2. The van der Waals surface area contributed by atoms with Crippen LogP contribution in [0.4, 0.5) is 0 Å². The number of nitrogens with zero attached hydrogens (tertiary/aromatic N) is 1. The first-order valence-electron chi connectivity index (χ1n) is 7.93. The van der Waals surface area contributed by atoms with Gasteiger partial charge in [-0.3, -0.25) is 0 Å². The van der Waals surface area contributed by atoms with Gasteiger partial charge >= 0.3 is 0 Å². The second kappa shape index (κ2) is 7.52. The Morgan fingerprint density at radius 1 is 1.04 bits per heavy atom. The molecule has 0 amide bonds. The van der Waals surface area contributed by atoms with Crippen LogP contribution in [0.3, 0.4) is 0 Å². The molecule has 3 aromatic rings. The van der Waals surface area contributed by atoms with Crippen LogP contribution in [0.1, 0.15) is 23.9 Å². The Morgan fingerprint density at radius 3 is 2.50 bits per heavy atom. The van der Waals surface area contributed by atoms with Gasteiger partial charge in [-0.1, -0.05) is 24.1 Å². The summed E-state index contributed by atoms with van der Waals surface area (Å²) in [7, 11) is 0. The van der Waals surface area contributed by atoms with E-state index in [4.69, 9.17) is 9.15 Å². The lowest BCUT2D eigenvalue weighted by atomic mass is 10.2. The second-order valence-electron chi connectivity index (χ2n) is 5.39. The van der Waals surface area contributed by atoms with Crippen LogP contribution in [0.2, 0.25) is 0 Å². The summed E-state index contributed by atoms with van der Waals surface area (Å²) in [6.07, 6.45) is 0.707. The van der Waals surface area contributed by atoms with Crippen molar-refractivity contribution in [3.05, 3.63) is 71.6 Å². The largest absolute Gasteiger partial charge is 0.493 e. The van der Waals surface area contributed by atoms with Crippen molar-refractivity contribution in [2.45, 2.75) is 20.3 Å². The summed E-state index contributed by atoms with van der Waals surface area (Å²) in [6, 6.07) is 17.7. The van der Waals surface area contributed by atoms with E-state index in [1.807, 2.05) is 68.4 Å². The Hall–Kier alpha value is -2.99. The third-order valence-corrected chi connectivity index (χ3v) is 3.64. The van der Waals surface area contributed by atoms with E-state index < -0.39 is 0 Å². The second-order valence-corrected chi connectivity index (χ2v) is 5.39. The molecule has 0 unspecified atom stereocenters. The molecule has 0 saturated heterocycles. The summed E-state index contributed by atoms with van der Waals surface area (Å²) < 4.78 is 11.5. The van der Waals surface area contributed by atoms with Crippen LogP contribution < -0.4 is 4.74 Å². The third kappa shape index (κ3) is 3.85. The Balaban J connectivity index is 1.60. The standard InChI is InChI=1S/C21H19NO2/c1-3-7-17-10-12-19(13-11-17)23-15-14-20-16(2)24-21(22-20)18-8-5-4-6-9-18/h4-6,8-13H,14-15H2,1-2H3. The molecule has 3 nitrogen and oxygen atoms in total. The van der Waals surface area contributed by atoms with Gasteiger partial charge in [0, 0.05) is 17.5 Å². The maximum absolute atomic E-state index is 5.78. The summed E-state index contributed by atoms with van der Waals surface area (Å²) >= 11 is 0. The Morgan fingerprint density at radius 2 is 1.79 bits per heavy atom. The number of oxazole rings is 1. The van der Waals surface area contributed by atoms with Crippen molar-refractivity contribution >= 4 is 0 Å². The van der Waals surface area contributed by atoms with E-state index in [1.165, 1.54) is 0 Å². The lowest BCUT2D eigenvalue weighted by Gasteiger charge is -2.05. The fourth-order valence-corrected chi connectivity index (χ4v) is 2.41. The first kappa shape index (κ1) is 15.9. The van der Waals surface area contributed by atoms with Crippen molar-refractivity contribution in [3.8, 4) is 29.0 Å². The first-order valence-corrected chi connectivity index (χ1v) is 7.93. The zero-order valence-electron chi connectivity index (χ0n) is 13.9. The molecule has 3 heteroatoms. The average Bonchev–Trinajstić information content (AvgIpc) is 2.99. The van der Waals surface area contributed by atoms with E-state index in [2.05, 4.69) is 16.8 Å². The normalized spacial score (nSPS) is 10.1. The van der Waals surface area contributed by atoms with Crippen LogP contribution in [0, 0.1) is 18.8 Å². The van der Waals surface area contributed by atoms with Crippen molar-refractivity contribution in [2.75, 3.05) is 6.61 Å². The highest BCUT2D eigenvalue weighted by Gasteiger charge is 2.11. The topological polar surface area (TPSA) is 35.3 Å². The number of ether oxygens (including phenoxy) is 1. The van der Waals surface area contributed by atoms with E-state index in [0.29, 0.717) is 18.9 Å². The van der Waals surface area contributed by atoms with E-state index in [9.17, 15) is 0 Å². The number of benzene rings is 2. The highest BCUT2D eigenvalue weighted by Crippen LogP contribution is 2.22. The lowest BCUT2D eigenvalue weighted by molar-refractivity contribution is 0.320. The molecule has 0 saturated carbocycles. The zero-order valence-corrected chi connectivity index (χ0v) is 13.9. The molecule has 120 valence electrons. The van der Waals surface area contributed by atoms with Crippen LogP contribution in [-0.4, -0.2) is 11.6 Å². The lowest BCUT2D eigenvalue weighted by Crippen LogP contribution is -2.02.